The van der Waals surface area contributed by atoms with Gasteiger partial charge in [0, 0.05) is 19.3 Å². The lowest BCUT2D eigenvalue weighted by Crippen LogP contribution is -2.30. The fraction of sp³-hybridized carbons (Fsp3) is 0.667. The number of ether oxygens (including phenoxy) is 3. The van der Waals surface area contributed by atoms with E-state index in [-0.39, 0.29) is 31.1 Å². The number of rotatable bonds is 55. The Balaban J connectivity index is 4.38. The van der Waals surface area contributed by atoms with Crippen LogP contribution in [0.3, 0.4) is 0 Å². The Hall–Kier alpha value is -4.19. The van der Waals surface area contributed by atoms with Crippen LogP contribution in [0, 0.1) is 0 Å². The van der Waals surface area contributed by atoms with Gasteiger partial charge in [0.25, 0.3) is 0 Å². The van der Waals surface area contributed by atoms with E-state index >= 15 is 0 Å². The number of hydrogen-bond donors (Lipinski definition) is 0. The molecular weight excluding hydrogens is 925 g/mol. The fourth-order valence-corrected chi connectivity index (χ4v) is 8.28. The maximum Gasteiger partial charge on any atom is 0.306 e. The minimum Gasteiger partial charge on any atom is -0.462 e. The Morgan fingerprint density at radius 1 is 0.280 bits per heavy atom. The molecule has 1 atom stereocenters. The van der Waals surface area contributed by atoms with E-state index in [0.717, 1.165) is 154 Å². The number of hydrogen-bond acceptors (Lipinski definition) is 6. The van der Waals surface area contributed by atoms with E-state index in [1.54, 1.807) is 0 Å². The summed E-state index contributed by atoms with van der Waals surface area (Å²) < 4.78 is 16.9. The zero-order chi connectivity index (χ0) is 54.3. The summed E-state index contributed by atoms with van der Waals surface area (Å²) in [5, 5.41) is 0. The van der Waals surface area contributed by atoms with Gasteiger partial charge in [0.05, 0.1) is 0 Å². The summed E-state index contributed by atoms with van der Waals surface area (Å²) in [6, 6.07) is 0. The van der Waals surface area contributed by atoms with E-state index in [1.165, 1.54) is 83.5 Å². The molecule has 0 aromatic carbocycles. The zero-order valence-corrected chi connectivity index (χ0v) is 48.8. The summed E-state index contributed by atoms with van der Waals surface area (Å²) in [4.78, 5) is 38.3. The van der Waals surface area contributed by atoms with Crippen LogP contribution in [-0.2, 0) is 28.6 Å². The summed E-state index contributed by atoms with van der Waals surface area (Å²) in [6.45, 7) is 6.41. The molecule has 0 fully saturated rings. The third-order valence-electron chi connectivity index (χ3n) is 12.9. The molecule has 0 aliphatic heterocycles. The molecular formula is C69H114O6. The molecule has 0 aromatic rings. The van der Waals surface area contributed by atoms with Gasteiger partial charge >= 0.3 is 17.9 Å². The van der Waals surface area contributed by atoms with Crippen molar-refractivity contribution in [3.8, 4) is 0 Å². The Morgan fingerprint density at radius 3 is 0.867 bits per heavy atom. The van der Waals surface area contributed by atoms with Crippen molar-refractivity contribution in [3.63, 3.8) is 0 Å². The second-order valence-corrected chi connectivity index (χ2v) is 20.2. The van der Waals surface area contributed by atoms with Crippen LogP contribution in [0.5, 0.6) is 0 Å². The lowest BCUT2D eigenvalue weighted by Gasteiger charge is -2.18. The molecule has 0 saturated carbocycles. The Bertz CT molecular complexity index is 1570. The van der Waals surface area contributed by atoms with Crippen LogP contribution in [0.4, 0.5) is 0 Å². The van der Waals surface area contributed by atoms with Crippen molar-refractivity contribution in [3.05, 3.63) is 122 Å². The molecule has 0 saturated heterocycles. The predicted molar refractivity (Wildman–Crippen MR) is 325 cm³/mol. The van der Waals surface area contributed by atoms with Crippen molar-refractivity contribution in [1.29, 1.82) is 0 Å². The minimum atomic E-state index is -0.798. The third kappa shape index (κ3) is 60.6. The largest absolute Gasteiger partial charge is 0.462 e. The van der Waals surface area contributed by atoms with Gasteiger partial charge in [-0.3, -0.25) is 14.4 Å². The molecule has 6 nitrogen and oxygen atoms in total. The molecule has 0 N–H and O–H groups in total. The number of esters is 3. The van der Waals surface area contributed by atoms with Crippen LogP contribution >= 0.6 is 0 Å². The molecule has 0 aliphatic carbocycles. The average molecular weight is 1040 g/mol. The maximum absolute atomic E-state index is 12.9. The summed E-state index contributed by atoms with van der Waals surface area (Å²) in [7, 11) is 0. The van der Waals surface area contributed by atoms with Gasteiger partial charge in [-0.05, 0) is 128 Å². The van der Waals surface area contributed by atoms with Gasteiger partial charge in [0.1, 0.15) is 13.2 Å². The Morgan fingerprint density at radius 2 is 0.547 bits per heavy atom. The van der Waals surface area contributed by atoms with Gasteiger partial charge in [0.2, 0.25) is 0 Å². The highest BCUT2D eigenvalue weighted by Crippen LogP contribution is 2.15. The topological polar surface area (TPSA) is 78.9 Å². The van der Waals surface area contributed by atoms with Crippen LogP contribution in [0.1, 0.15) is 278 Å². The van der Waals surface area contributed by atoms with Gasteiger partial charge in [0.15, 0.2) is 6.10 Å². The van der Waals surface area contributed by atoms with Crippen molar-refractivity contribution in [2.24, 2.45) is 0 Å². The number of allylic oxidation sites excluding steroid dienone is 20. The highest BCUT2D eigenvalue weighted by Gasteiger charge is 2.19. The molecule has 0 bridgehead atoms. The predicted octanol–water partition coefficient (Wildman–Crippen LogP) is 21.2. The van der Waals surface area contributed by atoms with Crippen LogP contribution in [0.25, 0.3) is 0 Å². The molecule has 6 heteroatoms. The van der Waals surface area contributed by atoms with E-state index in [0.29, 0.717) is 19.3 Å². The van der Waals surface area contributed by atoms with Crippen molar-refractivity contribution in [1.82, 2.24) is 0 Å². The molecule has 0 radical (unpaired) electrons. The molecule has 0 aliphatic rings. The summed E-state index contributed by atoms with van der Waals surface area (Å²) >= 11 is 0. The molecule has 1 unspecified atom stereocenters. The monoisotopic (exact) mass is 1040 g/mol. The van der Waals surface area contributed by atoms with Gasteiger partial charge in [-0.15, -0.1) is 0 Å². The minimum absolute atomic E-state index is 0.0936. The first-order valence-electron chi connectivity index (χ1n) is 31.0. The smallest absolute Gasteiger partial charge is 0.306 e. The number of carbonyl (C=O) groups is 3. The first-order valence-corrected chi connectivity index (χ1v) is 31.0. The Labute approximate surface area is 462 Å². The van der Waals surface area contributed by atoms with E-state index in [2.05, 4.69) is 142 Å². The molecule has 426 valence electrons. The van der Waals surface area contributed by atoms with Crippen LogP contribution in [0.2, 0.25) is 0 Å². The van der Waals surface area contributed by atoms with Gasteiger partial charge < -0.3 is 14.2 Å². The fourth-order valence-electron chi connectivity index (χ4n) is 8.28. The van der Waals surface area contributed by atoms with Crippen LogP contribution < -0.4 is 0 Å². The van der Waals surface area contributed by atoms with Crippen molar-refractivity contribution in [2.75, 3.05) is 13.2 Å². The number of carbonyl (C=O) groups excluding carboxylic acids is 3. The maximum atomic E-state index is 12.9. The second-order valence-electron chi connectivity index (χ2n) is 20.2. The Kier molecular flexibility index (Phi) is 58.9. The highest BCUT2D eigenvalue weighted by atomic mass is 16.6. The van der Waals surface area contributed by atoms with Crippen LogP contribution in [-0.4, -0.2) is 37.2 Å². The molecule has 0 spiro atoms. The van der Waals surface area contributed by atoms with Gasteiger partial charge in [-0.1, -0.05) is 251 Å². The van der Waals surface area contributed by atoms with E-state index in [1.807, 2.05) is 0 Å². The second kappa shape index (κ2) is 62.4. The molecule has 0 amide bonds. The van der Waals surface area contributed by atoms with Gasteiger partial charge in [-0.2, -0.15) is 0 Å². The van der Waals surface area contributed by atoms with E-state index in [4.69, 9.17) is 14.2 Å². The summed E-state index contributed by atoms with van der Waals surface area (Å²) in [5.74, 6) is -0.924. The average Bonchev–Trinajstić information content (AvgIpc) is 3.41. The molecule has 0 rings (SSSR count). The summed E-state index contributed by atoms with van der Waals surface area (Å²) in [5.41, 5.74) is 0. The molecule has 0 aromatic heterocycles. The van der Waals surface area contributed by atoms with E-state index < -0.39 is 6.10 Å². The van der Waals surface area contributed by atoms with Gasteiger partial charge in [-0.25, -0.2) is 0 Å². The first kappa shape index (κ1) is 70.8. The lowest BCUT2D eigenvalue weighted by atomic mass is 10.1. The summed E-state index contributed by atoms with van der Waals surface area (Å²) in [6.07, 6.45) is 86.2. The standard InChI is InChI=1S/C69H114O6/c1-4-7-10-13-16-19-22-25-27-29-31-32-33-34-35-36-38-39-41-44-47-50-53-56-59-62-68(71)74-65-66(64-73-67(70)61-58-55-52-49-46-43-24-21-18-15-12-9-6-3)75-69(72)63-60-57-54-51-48-45-42-40-37-30-28-26-23-20-17-14-11-8-5-2/h7,10,12,15-17,19-21,24-28,31-32,34-35,37,40,66H,4-6,8-9,11,13-14,18,22-23,29-30,33,36,38-39,41-65H2,1-3H3/b10-7-,15-12-,19-16-,20-17-,24-21-,27-25-,28-26-,32-31-,35-34-,40-37-. The zero-order valence-electron chi connectivity index (χ0n) is 48.8. The quantitative estimate of drug-likeness (QED) is 0.0261. The highest BCUT2D eigenvalue weighted by molar-refractivity contribution is 5.71. The van der Waals surface area contributed by atoms with Crippen LogP contribution in [0.15, 0.2) is 122 Å². The van der Waals surface area contributed by atoms with Crippen molar-refractivity contribution >= 4 is 17.9 Å². The van der Waals surface area contributed by atoms with E-state index in [9.17, 15) is 14.4 Å². The third-order valence-corrected chi connectivity index (χ3v) is 12.9. The van der Waals surface area contributed by atoms with Crippen molar-refractivity contribution in [2.45, 2.75) is 284 Å². The number of unbranched alkanes of at least 4 members (excludes halogenated alkanes) is 24. The van der Waals surface area contributed by atoms with Crippen molar-refractivity contribution < 1.29 is 28.6 Å². The molecule has 75 heavy (non-hydrogen) atoms. The molecule has 0 heterocycles. The normalized spacial score (nSPS) is 12.9. The first-order chi connectivity index (χ1) is 37.0. The SMILES string of the molecule is CC/C=C\C/C=C\C/C=C\C/C=C\C/C=C\CCCCCCCCCCCC(=O)OCC(COC(=O)CCCCCCC/C=C\C/C=C\CCC)OC(=O)CCCCCCCC/C=C\C/C=C\C/C=C\CCCCC. The lowest BCUT2D eigenvalue weighted by molar-refractivity contribution is -0.167.